The van der Waals surface area contributed by atoms with Crippen LogP contribution in [0.3, 0.4) is 0 Å². The summed E-state index contributed by atoms with van der Waals surface area (Å²) in [5.41, 5.74) is 1.91. The number of carbonyl (C=O) groups is 1. The van der Waals surface area contributed by atoms with E-state index in [1.165, 1.54) is 12.0 Å². The zero-order valence-electron chi connectivity index (χ0n) is 9.30. The minimum atomic E-state index is -1.02. The summed E-state index contributed by atoms with van der Waals surface area (Å²) in [5, 5.41) is 9.02. The SMILES string of the molecule is O=C(O)c1occc1C1CC2CC=CCC2=N1. The second-order valence-corrected chi connectivity index (χ2v) is 4.49. The van der Waals surface area contributed by atoms with Crippen molar-refractivity contribution in [3.8, 4) is 0 Å². The highest BCUT2D eigenvalue weighted by molar-refractivity contribution is 5.91. The third-order valence-corrected chi connectivity index (χ3v) is 3.46. The van der Waals surface area contributed by atoms with E-state index in [4.69, 9.17) is 9.52 Å². The van der Waals surface area contributed by atoms with Crippen molar-refractivity contribution in [3.63, 3.8) is 0 Å². The number of aliphatic imine (C=N–C) groups is 1. The molecule has 17 heavy (non-hydrogen) atoms. The van der Waals surface area contributed by atoms with Crippen LogP contribution in [0, 0.1) is 5.92 Å². The van der Waals surface area contributed by atoms with Crippen molar-refractivity contribution in [1.82, 2.24) is 0 Å². The molecule has 0 spiro atoms. The lowest BCUT2D eigenvalue weighted by Crippen LogP contribution is -2.11. The molecule has 0 saturated heterocycles. The fourth-order valence-electron chi connectivity index (χ4n) is 2.63. The van der Waals surface area contributed by atoms with Gasteiger partial charge in [-0.05, 0) is 18.9 Å². The smallest absolute Gasteiger partial charge is 0.372 e. The van der Waals surface area contributed by atoms with Crippen LogP contribution in [0.15, 0.2) is 33.9 Å². The van der Waals surface area contributed by atoms with E-state index in [2.05, 4.69) is 17.1 Å². The van der Waals surface area contributed by atoms with Crippen LogP contribution in [0.1, 0.15) is 41.4 Å². The van der Waals surface area contributed by atoms with E-state index in [-0.39, 0.29) is 11.8 Å². The Balaban J connectivity index is 1.90. The molecule has 2 unspecified atom stereocenters. The van der Waals surface area contributed by atoms with Crippen LogP contribution in [0.5, 0.6) is 0 Å². The van der Waals surface area contributed by atoms with Crippen molar-refractivity contribution < 1.29 is 14.3 Å². The predicted molar refractivity (Wildman–Crippen MR) is 62.3 cm³/mol. The van der Waals surface area contributed by atoms with Crippen LogP contribution in [0.25, 0.3) is 0 Å². The maximum absolute atomic E-state index is 11.0. The average Bonchev–Trinajstić information content (AvgIpc) is 2.95. The van der Waals surface area contributed by atoms with Crippen LogP contribution in [0.4, 0.5) is 0 Å². The highest BCUT2D eigenvalue weighted by Gasteiger charge is 2.32. The van der Waals surface area contributed by atoms with Gasteiger partial charge in [-0.3, -0.25) is 4.99 Å². The zero-order valence-corrected chi connectivity index (χ0v) is 9.30. The Bertz CT molecular complexity index is 512. The number of furan rings is 1. The van der Waals surface area contributed by atoms with E-state index in [1.54, 1.807) is 6.07 Å². The predicted octanol–water partition coefficient (Wildman–Crippen LogP) is 2.83. The van der Waals surface area contributed by atoms with Crippen molar-refractivity contribution in [1.29, 1.82) is 0 Å². The number of nitrogens with zero attached hydrogens (tertiary/aromatic N) is 1. The molecular formula is C13H13NO3. The largest absolute Gasteiger partial charge is 0.475 e. The van der Waals surface area contributed by atoms with Gasteiger partial charge in [0.25, 0.3) is 0 Å². The fraction of sp³-hybridized carbons (Fsp3) is 0.385. The molecular weight excluding hydrogens is 218 g/mol. The zero-order chi connectivity index (χ0) is 11.8. The molecule has 1 N–H and O–H groups in total. The van der Waals surface area contributed by atoms with Gasteiger partial charge >= 0.3 is 5.97 Å². The topological polar surface area (TPSA) is 62.8 Å². The quantitative estimate of drug-likeness (QED) is 0.796. The maximum Gasteiger partial charge on any atom is 0.372 e. The first-order valence-electron chi connectivity index (χ1n) is 5.78. The summed E-state index contributed by atoms with van der Waals surface area (Å²) in [6, 6.07) is 1.68. The molecule has 4 nitrogen and oxygen atoms in total. The van der Waals surface area contributed by atoms with Crippen LogP contribution in [0.2, 0.25) is 0 Å². The molecule has 0 bridgehead atoms. The maximum atomic E-state index is 11.0. The number of fused-ring (bicyclic) bond motifs is 1. The molecule has 0 fully saturated rings. The van der Waals surface area contributed by atoms with Gasteiger partial charge in [-0.2, -0.15) is 0 Å². The highest BCUT2D eigenvalue weighted by atomic mass is 16.4. The fourth-order valence-corrected chi connectivity index (χ4v) is 2.63. The van der Waals surface area contributed by atoms with E-state index < -0.39 is 5.97 Å². The van der Waals surface area contributed by atoms with Gasteiger partial charge in [0.1, 0.15) is 0 Å². The number of hydrogen-bond acceptors (Lipinski definition) is 3. The van der Waals surface area contributed by atoms with Crippen molar-refractivity contribution in [2.45, 2.75) is 25.3 Å². The van der Waals surface area contributed by atoms with E-state index in [1.807, 2.05) is 0 Å². The number of carboxylic acids is 1. The highest BCUT2D eigenvalue weighted by Crippen LogP contribution is 2.38. The Morgan fingerprint density at radius 2 is 2.35 bits per heavy atom. The van der Waals surface area contributed by atoms with Gasteiger partial charge in [0.2, 0.25) is 5.76 Å². The Labute approximate surface area is 98.7 Å². The number of carboxylic acid groups (broad SMARTS) is 1. The van der Waals surface area contributed by atoms with Crippen LogP contribution < -0.4 is 0 Å². The second-order valence-electron chi connectivity index (χ2n) is 4.49. The minimum Gasteiger partial charge on any atom is -0.475 e. The second kappa shape index (κ2) is 3.87. The molecule has 3 rings (SSSR count). The first-order chi connectivity index (χ1) is 8.25. The molecule has 1 aliphatic carbocycles. The Morgan fingerprint density at radius 3 is 3.12 bits per heavy atom. The van der Waals surface area contributed by atoms with E-state index in [0.29, 0.717) is 11.5 Å². The molecule has 1 aromatic heterocycles. The van der Waals surface area contributed by atoms with Gasteiger partial charge in [0.15, 0.2) is 0 Å². The molecule has 0 saturated carbocycles. The molecule has 2 atom stereocenters. The van der Waals surface area contributed by atoms with Gasteiger partial charge in [0, 0.05) is 23.6 Å². The molecule has 88 valence electrons. The summed E-state index contributed by atoms with van der Waals surface area (Å²) < 4.78 is 5.01. The van der Waals surface area contributed by atoms with E-state index >= 15 is 0 Å². The van der Waals surface area contributed by atoms with Gasteiger partial charge in [-0.25, -0.2) is 4.79 Å². The van der Waals surface area contributed by atoms with Gasteiger partial charge < -0.3 is 9.52 Å². The van der Waals surface area contributed by atoms with Gasteiger partial charge in [0.05, 0.1) is 12.3 Å². The lowest BCUT2D eigenvalue weighted by molar-refractivity contribution is 0.0660. The van der Waals surface area contributed by atoms with E-state index in [9.17, 15) is 4.79 Å². The average molecular weight is 231 g/mol. The third-order valence-electron chi connectivity index (χ3n) is 3.46. The standard InChI is InChI=1S/C13H13NO3/c15-13(16)12-9(5-6-17-12)11-7-8-3-1-2-4-10(8)14-11/h1-2,5-6,8,11H,3-4,7H2,(H,15,16). The molecule has 0 aromatic carbocycles. The van der Waals surface area contributed by atoms with E-state index in [0.717, 1.165) is 19.3 Å². The Hall–Kier alpha value is -1.84. The van der Waals surface area contributed by atoms with Crippen LogP contribution in [-0.4, -0.2) is 16.8 Å². The summed E-state index contributed by atoms with van der Waals surface area (Å²) in [6.07, 6.45) is 8.57. The monoisotopic (exact) mass is 231 g/mol. The third kappa shape index (κ3) is 1.69. The molecule has 1 aliphatic heterocycles. The summed E-state index contributed by atoms with van der Waals surface area (Å²) in [5.74, 6) is -0.495. The molecule has 1 aromatic rings. The number of rotatable bonds is 2. The molecule has 2 heterocycles. The molecule has 4 heteroatoms. The van der Waals surface area contributed by atoms with Crippen LogP contribution in [-0.2, 0) is 0 Å². The summed E-state index contributed by atoms with van der Waals surface area (Å²) in [4.78, 5) is 15.6. The summed E-state index contributed by atoms with van der Waals surface area (Å²) >= 11 is 0. The molecule has 0 amide bonds. The number of hydrogen-bond donors (Lipinski definition) is 1. The Kier molecular flexibility index (Phi) is 2.35. The van der Waals surface area contributed by atoms with Crippen molar-refractivity contribution in [3.05, 3.63) is 35.8 Å². The lowest BCUT2D eigenvalue weighted by atomic mass is 9.89. The first kappa shape index (κ1) is 10.3. The first-order valence-corrected chi connectivity index (χ1v) is 5.78. The minimum absolute atomic E-state index is 0.0333. The molecule has 0 radical (unpaired) electrons. The summed E-state index contributed by atoms with van der Waals surface area (Å²) in [7, 11) is 0. The van der Waals surface area contributed by atoms with Crippen molar-refractivity contribution >= 4 is 11.7 Å². The Morgan fingerprint density at radius 1 is 1.47 bits per heavy atom. The van der Waals surface area contributed by atoms with Crippen molar-refractivity contribution in [2.75, 3.05) is 0 Å². The van der Waals surface area contributed by atoms with Crippen LogP contribution >= 0.6 is 0 Å². The van der Waals surface area contributed by atoms with Gasteiger partial charge in [-0.15, -0.1) is 0 Å². The summed E-state index contributed by atoms with van der Waals surface area (Å²) in [6.45, 7) is 0. The molecule has 2 aliphatic rings. The normalized spacial score (nSPS) is 26.7. The number of aromatic carboxylic acids is 1. The lowest BCUT2D eigenvalue weighted by Gasteiger charge is -2.13. The number of allylic oxidation sites excluding steroid dienone is 2. The van der Waals surface area contributed by atoms with Gasteiger partial charge in [-0.1, -0.05) is 12.2 Å². The van der Waals surface area contributed by atoms with Crippen molar-refractivity contribution in [2.24, 2.45) is 10.9 Å².